The van der Waals surface area contributed by atoms with Crippen LogP contribution in [0.5, 0.6) is 0 Å². The molecular formula is C15H11N3OS. The van der Waals surface area contributed by atoms with Gasteiger partial charge < -0.3 is 0 Å². The van der Waals surface area contributed by atoms with E-state index in [9.17, 15) is 4.79 Å². The second kappa shape index (κ2) is 4.05. The van der Waals surface area contributed by atoms with Gasteiger partial charge >= 0.3 is 0 Å². The Bertz CT molecular complexity index is 993. The van der Waals surface area contributed by atoms with E-state index in [0.29, 0.717) is 5.39 Å². The zero-order valence-corrected chi connectivity index (χ0v) is 11.6. The molecule has 5 heteroatoms. The largest absolute Gasteiger partial charge is 0.289 e. The number of hydrogen-bond donors (Lipinski definition) is 1. The van der Waals surface area contributed by atoms with Crippen LogP contribution in [-0.4, -0.2) is 14.8 Å². The number of aromatic nitrogens is 3. The molecule has 0 fully saturated rings. The minimum atomic E-state index is -0.0558. The molecular weight excluding hydrogens is 270 g/mol. The molecule has 1 N–H and O–H groups in total. The number of pyridine rings is 1. The predicted molar refractivity (Wildman–Crippen MR) is 81.8 cm³/mol. The fraction of sp³-hybridized carbons (Fsp3) is 0.0667. The summed E-state index contributed by atoms with van der Waals surface area (Å²) in [6.45, 7) is 2.00. The molecule has 4 rings (SSSR count). The van der Waals surface area contributed by atoms with E-state index in [2.05, 4.69) is 10.1 Å². The first-order valence-electron chi connectivity index (χ1n) is 6.27. The van der Waals surface area contributed by atoms with Crippen LogP contribution in [0.1, 0.15) is 5.56 Å². The minimum absolute atomic E-state index is 0.0558. The Labute approximate surface area is 118 Å². The van der Waals surface area contributed by atoms with Crippen LogP contribution in [0.25, 0.3) is 27.5 Å². The van der Waals surface area contributed by atoms with E-state index >= 15 is 0 Å². The zero-order chi connectivity index (χ0) is 13.7. The molecule has 98 valence electrons. The lowest BCUT2D eigenvalue weighted by atomic mass is 10.2. The molecule has 0 spiro atoms. The van der Waals surface area contributed by atoms with Gasteiger partial charge in [0.1, 0.15) is 0 Å². The van der Waals surface area contributed by atoms with Crippen molar-refractivity contribution in [3.63, 3.8) is 0 Å². The van der Waals surface area contributed by atoms with E-state index in [1.807, 2.05) is 41.9 Å². The molecule has 20 heavy (non-hydrogen) atoms. The Morgan fingerprint density at radius 3 is 2.85 bits per heavy atom. The lowest BCUT2D eigenvalue weighted by Crippen LogP contribution is -2.14. The van der Waals surface area contributed by atoms with Crippen molar-refractivity contribution in [2.45, 2.75) is 6.92 Å². The monoisotopic (exact) mass is 281 g/mol. The van der Waals surface area contributed by atoms with Crippen molar-refractivity contribution >= 4 is 33.1 Å². The maximum absolute atomic E-state index is 12.5. The summed E-state index contributed by atoms with van der Waals surface area (Å²) in [6.07, 6.45) is 1.65. The molecule has 0 amide bonds. The van der Waals surface area contributed by atoms with Crippen LogP contribution < -0.4 is 5.56 Å². The van der Waals surface area contributed by atoms with Gasteiger partial charge in [-0.15, -0.1) is 11.3 Å². The number of fused-ring (bicyclic) bond motifs is 3. The summed E-state index contributed by atoms with van der Waals surface area (Å²) in [6, 6.07) is 7.82. The van der Waals surface area contributed by atoms with Gasteiger partial charge in [-0.25, -0.2) is 4.68 Å². The van der Waals surface area contributed by atoms with Crippen LogP contribution in [0.2, 0.25) is 0 Å². The fourth-order valence-electron chi connectivity index (χ4n) is 2.46. The molecule has 3 aromatic heterocycles. The molecule has 0 atom stereocenters. The molecule has 3 heterocycles. The third-order valence-electron chi connectivity index (χ3n) is 3.50. The maximum Gasteiger partial charge on any atom is 0.280 e. The average molecular weight is 281 g/mol. The predicted octanol–water partition coefficient (Wildman–Crippen LogP) is 3.24. The molecule has 0 bridgehead atoms. The number of aromatic amines is 1. The van der Waals surface area contributed by atoms with E-state index in [1.54, 1.807) is 22.2 Å². The van der Waals surface area contributed by atoms with Crippen LogP contribution in [0.4, 0.5) is 0 Å². The van der Waals surface area contributed by atoms with Crippen LogP contribution >= 0.6 is 11.3 Å². The first-order chi connectivity index (χ1) is 9.75. The molecule has 1 aromatic carbocycles. The molecule has 0 aliphatic heterocycles. The Hall–Kier alpha value is -2.40. The summed E-state index contributed by atoms with van der Waals surface area (Å²) < 4.78 is 1.60. The van der Waals surface area contributed by atoms with Gasteiger partial charge in [-0.2, -0.15) is 0 Å². The van der Waals surface area contributed by atoms with Gasteiger partial charge in [0.25, 0.3) is 5.56 Å². The standard InChI is InChI=1S/C15H11N3OS/c1-9-7-20-8-13(9)18-15(19)11-6-16-12-5-3-2-4-10(12)14(11)17-18/h2-8,17H,1H3. The zero-order valence-electron chi connectivity index (χ0n) is 10.8. The first-order valence-corrected chi connectivity index (χ1v) is 7.21. The highest BCUT2D eigenvalue weighted by molar-refractivity contribution is 7.08. The first kappa shape index (κ1) is 11.4. The quantitative estimate of drug-likeness (QED) is 0.582. The van der Waals surface area contributed by atoms with E-state index < -0.39 is 0 Å². The summed E-state index contributed by atoms with van der Waals surface area (Å²) >= 11 is 1.59. The number of nitrogens with zero attached hydrogens (tertiary/aromatic N) is 2. The smallest absolute Gasteiger partial charge is 0.280 e. The van der Waals surface area contributed by atoms with Gasteiger partial charge in [0.15, 0.2) is 0 Å². The van der Waals surface area contributed by atoms with E-state index in [1.165, 1.54) is 0 Å². The van der Waals surface area contributed by atoms with Crippen molar-refractivity contribution in [3.05, 3.63) is 57.1 Å². The Morgan fingerprint density at radius 1 is 1.20 bits per heavy atom. The third kappa shape index (κ3) is 1.47. The minimum Gasteiger partial charge on any atom is -0.289 e. The van der Waals surface area contributed by atoms with Gasteiger partial charge in [0.2, 0.25) is 0 Å². The molecule has 0 saturated heterocycles. The summed E-state index contributed by atoms with van der Waals surface area (Å²) in [5.41, 5.74) is 3.66. The molecule has 0 aliphatic rings. The van der Waals surface area contributed by atoms with Crippen molar-refractivity contribution in [1.29, 1.82) is 0 Å². The SMILES string of the molecule is Cc1cscc1-n1[nH]c2c(cnc3ccccc32)c1=O. The molecule has 4 nitrogen and oxygen atoms in total. The van der Waals surface area contributed by atoms with Gasteiger partial charge in [-0.3, -0.25) is 14.9 Å². The summed E-state index contributed by atoms with van der Waals surface area (Å²) in [4.78, 5) is 16.9. The molecule has 0 aliphatic carbocycles. The van der Waals surface area contributed by atoms with Crippen LogP contribution in [0.15, 0.2) is 46.0 Å². The summed E-state index contributed by atoms with van der Waals surface area (Å²) in [5.74, 6) is 0. The van der Waals surface area contributed by atoms with Crippen molar-refractivity contribution in [3.8, 4) is 5.69 Å². The normalized spacial score (nSPS) is 11.4. The summed E-state index contributed by atoms with van der Waals surface area (Å²) in [7, 11) is 0. The lowest BCUT2D eigenvalue weighted by Gasteiger charge is -1.99. The molecule has 0 radical (unpaired) electrons. The number of hydrogen-bond acceptors (Lipinski definition) is 3. The van der Waals surface area contributed by atoms with Crippen molar-refractivity contribution in [1.82, 2.24) is 14.8 Å². The number of para-hydroxylation sites is 1. The highest BCUT2D eigenvalue weighted by Crippen LogP contribution is 2.22. The summed E-state index contributed by atoms with van der Waals surface area (Å²) in [5, 5.41) is 8.81. The van der Waals surface area contributed by atoms with E-state index in [4.69, 9.17) is 0 Å². The van der Waals surface area contributed by atoms with E-state index in [-0.39, 0.29) is 5.56 Å². The number of benzene rings is 1. The topological polar surface area (TPSA) is 50.7 Å². The number of aryl methyl sites for hydroxylation is 1. The van der Waals surface area contributed by atoms with Gasteiger partial charge in [-0.05, 0) is 23.9 Å². The second-order valence-corrected chi connectivity index (χ2v) is 5.50. The van der Waals surface area contributed by atoms with Crippen LogP contribution in [-0.2, 0) is 0 Å². The lowest BCUT2D eigenvalue weighted by molar-refractivity contribution is 0.862. The molecule has 4 aromatic rings. The maximum atomic E-state index is 12.5. The number of nitrogens with one attached hydrogen (secondary N) is 1. The van der Waals surface area contributed by atoms with Crippen LogP contribution in [0, 0.1) is 6.92 Å². The molecule has 0 unspecified atom stereocenters. The van der Waals surface area contributed by atoms with Gasteiger partial charge in [0.05, 0.1) is 22.1 Å². The number of H-pyrrole nitrogens is 1. The van der Waals surface area contributed by atoms with Crippen molar-refractivity contribution < 1.29 is 0 Å². The van der Waals surface area contributed by atoms with Crippen LogP contribution in [0.3, 0.4) is 0 Å². The highest BCUT2D eigenvalue weighted by atomic mass is 32.1. The van der Waals surface area contributed by atoms with Gasteiger partial charge in [-0.1, -0.05) is 18.2 Å². The Balaban J connectivity index is 2.16. The third-order valence-corrected chi connectivity index (χ3v) is 4.35. The number of rotatable bonds is 1. The van der Waals surface area contributed by atoms with E-state index in [0.717, 1.165) is 27.7 Å². The van der Waals surface area contributed by atoms with Crippen molar-refractivity contribution in [2.75, 3.05) is 0 Å². The fourth-order valence-corrected chi connectivity index (χ4v) is 3.27. The Kier molecular flexibility index (Phi) is 2.31. The van der Waals surface area contributed by atoms with Gasteiger partial charge in [0, 0.05) is 17.0 Å². The average Bonchev–Trinajstić information content (AvgIpc) is 3.03. The number of thiophene rings is 1. The van der Waals surface area contributed by atoms with Crippen molar-refractivity contribution in [2.24, 2.45) is 0 Å². The second-order valence-electron chi connectivity index (χ2n) is 4.76. The highest BCUT2D eigenvalue weighted by Gasteiger charge is 2.13. The molecule has 0 saturated carbocycles. The Morgan fingerprint density at radius 2 is 2.05 bits per heavy atom.